The summed E-state index contributed by atoms with van der Waals surface area (Å²) in [6, 6.07) is -0.121. The molecule has 1 aliphatic heterocycles. The molecule has 0 aromatic rings. The molecule has 0 spiro atoms. The van der Waals surface area contributed by atoms with Gasteiger partial charge in [0.15, 0.2) is 0 Å². The molecule has 5 heteroatoms. The zero-order chi connectivity index (χ0) is 15.3. The number of carboxylic acids is 1. The van der Waals surface area contributed by atoms with Crippen molar-refractivity contribution in [1.29, 1.82) is 0 Å². The molecule has 1 saturated heterocycles. The Morgan fingerprint density at radius 1 is 1.24 bits per heavy atom. The quantitative estimate of drug-likeness (QED) is 0.724. The van der Waals surface area contributed by atoms with Crippen LogP contribution in [0.15, 0.2) is 0 Å². The first-order valence-corrected chi connectivity index (χ1v) is 8.25. The van der Waals surface area contributed by atoms with Crippen molar-refractivity contribution in [2.75, 3.05) is 13.1 Å². The molecule has 0 aromatic heterocycles. The number of aliphatic carboxylic acids is 1. The van der Waals surface area contributed by atoms with Crippen molar-refractivity contribution < 1.29 is 14.7 Å². The lowest BCUT2D eigenvalue weighted by atomic mass is 9.71. The summed E-state index contributed by atoms with van der Waals surface area (Å²) in [5.74, 6) is -0.367. The molecule has 21 heavy (non-hydrogen) atoms. The summed E-state index contributed by atoms with van der Waals surface area (Å²) in [5, 5.41) is 15.5. The SMILES string of the molecule is CC1CCCNC1C(=O)NCC1(CC(=O)O)CCCCC1. The van der Waals surface area contributed by atoms with Crippen LogP contribution in [0, 0.1) is 11.3 Å². The molecule has 2 fully saturated rings. The summed E-state index contributed by atoms with van der Waals surface area (Å²) in [5.41, 5.74) is -0.238. The molecular formula is C16H28N2O3. The Balaban J connectivity index is 1.91. The summed E-state index contributed by atoms with van der Waals surface area (Å²) in [4.78, 5) is 23.5. The van der Waals surface area contributed by atoms with Crippen LogP contribution >= 0.6 is 0 Å². The van der Waals surface area contributed by atoms with Crippen molar-refractivity contribution in [2.45, 2.75) is 64.3 Å². The van der Waals surface area contributed by atoms with Gasteiger partial charge in [-0.05, 0) is 43.6 Å². The molecule has 2 rings (SSSR count). The van der Waals surface area contributed by atoms with Crippen LogP contribution in [0.2, 0.25) is 0 Å². The molecule has 0 bridgehead atoms. The van der Waals surface area contributed by atoms with Crippen LogP contribution in [0.25, 0.3) is 0 Å². The molecule has 120 valence electrons. The minimum atomic E-state index is -0.754. The van der Waals surface area contributed by atoms with Gasteiger partial charge in [-0.1, -0.05) is 26.2 Å². The second-order valence-corrected chi connectivity index (χ2v) is 6.90. The van der Waals surface area contributed by atoms with Crippen molar-refractivity contribution in [1.82, 2.24) is 10.6 Å². The van der Waals surface area contributed by atoms with E-state index in [1.165, 1.54) is 6.42 Å². The third-order valence-electron chi connectivity index (χ3n) is 5.13. The van der Waals surface area contributed by atoms with E-state index < -0.39 is 5.97 Å². The average molecular weight is 296 g/mol. The van der Waals surface area contributed by atoms with E-state index in [9.17, 15) is 9.59 Å². The Morgan fingerprint density at radius 2 is 1.95 bits per heavy atom. The Bertz CT molecular complexity index is 378. The zero-order valence-electron chi connectivity index (χ0n) is 13.0. The summed E-state index contributed by atoms with van der Waals surface area (Å²) >= 11 is 0. The summed E-state index contributed by atoms with van der Waals surface area (Å²) in [6.07, 6.45) is 7.50. The summed E-state index contributed by atoms with van der Waals surface area (Å²) < 4.78 is 0. The first-order valence-electron chi connectivity index (χ1n) is 8.25. The van der Waals surface area contributed by atoms with E-state index in [0.29, 0.717) is 12.5 Å². The van der Waals surface area contributed by atoms with E-state index in [0.717, 1.165) is 45.1 Å². The normalized spacial score (nSPS) is 28.8. The van der Waals surface area contributed by atoms with Crippen LogP contribution in [0.5, 0.6) is 0 Å². The van der Waals surface area contributed by atoms with E-state index in [4.69, 9.17) is 5.11 Å². The number of carbonyl (C=O) groups excluding carboxylic acids is 1. The largest absolute Gasteiger partial charge is 0.481 e. The fourth-order valence-corrected chi connectivity index (χ4v) is 3.82. The number of nitrogens with one attached hydrogen (secondary N) is 2. The van der Waals surface area contributed by atoms with Crippen LogP contribution in [0.4, 0.5) is 0 Å². The Hall–Kier alpha value is -1.10. The van der Waals surface area contributed by atoms with Gasteiger partial charge in [0.2, 0.25) is 5.91 Å². The van der Waals surface area contributed by atoms with Gasteiger partial charge in [0.1, 0.15) is 0 Å². The van der Waals surface area contributed by atoms with Crippen molar-refractivity contribution in [2.24, 2.45) is 11.3 Å². The highest BCUT2D eigenvalue weighted by atomic mass is 16.4. The number of carboxylic acid groups (broad SMARTS) is 1. The van der Waals surface area contributed by atoms with Gasteiger partial charge in [-0.15, -0.1) is 0 Å². The van der Waals surface area contributed by atoms with Crippen molar-refractivity contribution in [3.63, 3.8) is 0 Å². The first-order chi connectivity index (χ1) is 10.0. The van der Waals surface area contributed by atoms with Crippen LogP contribution in [0.1, 0.15) is 58.3 Å². The minimum Gasteiger partial charge on any atom is -0.481 e. The van der Waals surface area contributed by atoms with Crippen LogP contribution in [0.3, 0.4) is 0 Å². The highest BCUT2D eigenvalue weighted by Crippen LogP contribution is 2.38. The van der Waals surface area contributed by atoms with Crippen molar-refractivity contribution in [3.8, 4) is 0 Å². The van der Waals surface area contributed by atoms with E-state index >= 15 is 0 Å². The summed E-state index contributed by atoms with van der Waals surface area (Å²) in [6.45, 7) is 3.50. The topological polar surface area (TPSA) is 78.4 Å². The molecular weight excluding hydrogens is 268 g/mol. The molecule has 2 aliphatic rings. The molecule has 2 unspecified atom stereocenters. The van der Waals surface area contributed by atoms with Crippen LogP contribution in [-0.4, -0.2) is 36.1 Å². The van der Waals surface area contributed by atoms with Crippen LogP contribution < -0.4 is 10.6 Å². The van der Waals surface area contributed by atoms with E-state index in [-0.39, 0.29) is 23.8 Å². The second-order valence-electron chi connectivity index (χ2n) is 6.90. The Kier molecular flexibility index (Phi) is 5.62. The van der Waals surface area contributed by atoms with E-state index in [2.05, 4.69) is 17.6 Å². The third-order valence-corrected chi connectivity index (χ3v) is 5.13. The van der Waals surface area contributed by atoms with Gasteiger partial charge in [0, 0.05) is 6.54 Å². The lowest BCUT2D eigenvalue weighted by Gasteiger charge is -2.37. The predicted octanol–water partition coefficient (Wildman–Crippen LogP) is 1.92. The standard InChI is InChI=1S/C16H28N2O3/c1-12-6-5-9-17-14(12)15(21)18-11-16(10-13(19)20)7-3-2-4-8-16/h12,14,17H,2-11H2,1H3,(H,18,21)(H,19,20). The van der Waals surface area contributed by atoms with Gasteiger partial charge in [-0.2, -0.15) is 0 Å². The molecule has 0 radical (unpaired) electrons. The number of hydrogen-bond donors (Lipinski definition) is 3. The number of rotatable bonds is 5. The molecule has 1 heterocycles. The molecule has 1 saturated carbocycles. The zero-order valence-corrected chi connectivity index (χ0v) is 13.0. The Morgan fingerprint density at radius 3 is 2.57 bits per heavy atom. The van der Waals surface area contributed by atoms with Crippen molar-refractivity contribution >= 4 is 11.9 Å². The van der Waals surface area contributed by atoms with Crippen molar-refractivity contribution in [3.05, 3.63) is 0 Å². The number of piperidine rings is 1. The predicted molar refractivity (Wildman–Crippen MR) is 81.0 cm³/mol. The summed E-state index contributed by atoms with van der Waals surface area (Å²) in [7, 11) is 0. The van der Waals surface area contributed by atoms with E-state index in [1.54, 1.807) is 0 Å². The fraction of sp³-hybridized carbons (Fsp3) is 0.875. The monoisotopic (exact) mass is 296 g/mol. The molecule has 3 N–H and O–H groups in total. The van der Waals surface area contributed by atoms with Gasteiger partial charge < -0.3 is 15.7 Å². The Labute approximate surface area is 126 Å². The second kappa shape index (κ2) is 7.25. The maximum atomic E-state index is 12.4. The maximum absolute atomic E-state index is 12.4. The van der Waals surface area contributed by atoms with E-state index in [1.807, 2.05) is 0 Å². The molecule has 5 nitrogen and oxygen atoms in total. The minimum absolute atomic E-state index is 0.0394. The average Bonchev–Trinajstić information content (AvgIpc) is 2.46. The molecule has 1 aliphatic carbocycles. The van der Waals surface area contributed by atoms with Gasteiger partial charge in [0.25, 0.3) is 0 Å². The van der Waals surface area contributed by atoms with Gasteiger partial charge in [-0.3, -0.25) is 9.59 Å². The number of hydrogen-bond acceptors (Lipinski definition) is 3. The fourth-order valence-electron chi connectivity index (χ4n) is 3.82. The lowest BCUT2D eigenvalue weighted by molar-refractivity contribution is -0.141. The first kappa shape index (κ1) is 16.3. The molecule has 1 amide bonds. The highest BCUT2D eigenvalue weighted by molar-refractivity contribution is 5.82. The van der Waals surface area contributed by atoms with Crippen LogP contribution in [-0.2, 0) is 9.59 Å². The number of carbonyl (C=O) groups is 2. The third kappa shape index (κ3) is 4.43. The smallest absolute Gasteiger partial charge is 0.303 e. The highest BCUT2D eigenvalue weighted by Gasteiger charge is 2.36. The lowest BCUT2D eigenvalue weighted by Crippen LogP contribution is -2.53. The maximum Gasteiger partial charge on any atom is 0.303 e. The molecule has 0 aromatic carbocycles. The van der Waals surface area contributed by atoms with Gasteiger partial charge in [-0.25, -0.2) is 0 Å². The number of amides is 1. The van der Waals surface area contributed by atoms with Gasteiger partial charge >= 0.3 is 5.97 Å². The molecule has 2 atom stereocenters. The van der Waals surface area contributed by atoms with Gasteiger partial charge in [0.05, 0.1) is 12.5 Å².